The van der Waals surface area contributed by atoms with Crippen LogP contribution in [0, 0.1) is 0 Å². The molecule has 1 N–H and O–H groups in total. The van der Waals surface area contributed by atoms with Crippen molar-refractivity contribution in [2.75, 3.05) is 18.6 Å². The van der Waals surface area contributed by atoms with Crippen molar-refractivity contribution < 1.29 is 14.3 Å². The molecule has 32 heavy (non-hydrogen) atoms. The van der Waals surface area contributed by atoms with Crippen molar-refractivity contribution in [2.45, 2.75) is 13.5 Å². The van der Waals surface area contributed by atoms with Gasteiger partial charge in [0, 0.05) is 11.8 Å². The zero-order valence-electron chi connectivity index (χ0n) is 17.5. The van der Waals surface area contributed by atoms with E-state index in [0.717, 1.165) is 11.1 Å². The van der Waals surface area contributed by atoms with Crippen LogP contribution < -0.4 is 19.7 Å². The molecule has 1 fully saturated rings. The number of nitrogens with zero attached hydrogens (tertiary/aromatic N) is 3. The fourth-order valence-electron chi connectivity index (χ4n) is 3.45. The van der Waals surface area contributed by atoms with E-state index in [0.29, 0.717) is 46.2 Å². The lowest BCUT2D eigenvalue weighted by Gasteiger charge is -2.17. The summed E-state index contributed by atoms with van der Waals surface area (Å²) in [6, 6.07) is 13.0. The van der Waals surface area contributed by atoms with E-state index >= 15 is 0 Å². The Morgan fingerprint density at radius 2 is 2.03 bits per heavy atom. The number of amides is 1. The average molecular weight is 469 g/mol. The number of nitrogens with one attached hydrogen (secondary N) is 1. The van der Waals surface area contributed by atoms with Gasteiger partial charge in [-0.05, 0) is 55.0 Å². The van der Waals surface area contributed by atoms with Crippen LogP contribution in [0.1, 0.15) is 18.1 Å². The van der Waals surface area contributed by atoms with Gasteiger partial charge in [-0.2, -0.15) is 5.10 Å². The molecule has 7 nitrogen and oxygen atoms in total. The number of para-hydroxylation sites is 2. The van der Waals surface area contributed by atoms with Crippen LogP contribution in [0.3, 0.4) is 0 Å². The molecule has 0 spiro atoms. The lowest BCUT2D eigenvalue weighted by Crippen LogP contribution is -2.30. The van der Waals surface area contributed by atoms with Gasteiger partial charge in [-0.15, -0.1) is 0 Å². The molecule has 1 aromatic heterocycles. The van der Waals surface area contributed by atoms with Gasteiger partial charge >= 0.3 is 0 Å². The van der Waals surface area contributed by atoms with Crippen molar-refractivity contribution in [3.05, 3.63) is 76.7 Å². The Hall–Kier alpha value is -3.36. The lowest BCUT2D eigenvalue weighted by molar-refractivity contribution is -0.113. The molecule has 164 valence electrons. The fraction of sp³-hybridized carbons (Fsp3) is 0.174. The topological polar surface area (TPSA) is 68.6 Å². The van der Waals surface area contributed by atoms with Crippen LogP contribution in [0.5, 0.6) is 11.5 Å². The van der Waals surface area contributed by atoms with Crippen LogP contribution >= 0.6 is 23.8 Å². The maximum Gasteiger partial charge on any atom is 0.281 e. The first-order valence-electron chi connectivity index (χ1n) is 9.94. The second-order valence-electron chi connectivity index (χ2n) is 6.96. The summed E-state index contributed by atoms with van der Waals surface area (Å²) in [7, 11) is 1.61. The highest BCUT2D eigenvalue weighted by Crippen LogP contribution is 2.32. The van der Waals surface area contributed by atoms with E-state index in [2.05, 4.69) is 10.4 Å². The van der Waals surface area contributed by atoms with Crippen molar-refractivity contribution in [2.24, 2.45) is 0 Å². The maximum atomic E-state index is 13.2. The quantitative estimate of drug-likeness (QED) is 0.413. The van der Waals surface area contributed by atoms with Crippen molar-refractivity contribution in [3.63, 3.8) is 0 Å². The summed E-state index contributed by atoms with van der Waals surface area (Å²) in [5, 5.41) is 8.10. The zero-order chi connectivity index (χ0) is 22.7. The van der Waals surface area contributed by atoms with Gasteiger partial charge < -0.3 is 14.8 Å². The van der Waals surface area contributed by atoms with E-state index < -0.39 is 0 Å². The Kier molecular flexibility index (Phi) is 6.43. The monoisotopic (exact) mass is 468 g/mol. The first kappa shape index (κ1) is 21.9. The van der Waals surface area contributed by atoms with Crippen molar-refractivity contribution in [1.82, 2.24) is 15.1 Å². The zero-order valence-corrected chi connectivity index (χ0v) is 19.1. The number of carbonyl (C=O) groups excluding carboxylic acids is 1. The van der Waals surface area contributed by atoms with Crippen molar-refractivity contribution >= 4 is 46.6 Å². The number of anilines is 1. The summed E-state index contributed by atoms with van der Waals surface area (Å²) in [5.74, 6) is 1.06. The standard InChI is InChI=1S/C23H21ClN4O3S/c1-3-31-21-7-5-4-6-19(21)28-22(29)18(26-23(28)32)11-15-8-9-20(30-2)16(10-15)13-27-14-17(24)12-25-27/h4-12,14H,3,13H2,1-2H3,(H,26,32)/b18-11+. The SMILES string of the molecule is CCOc1ccccc1N1C(=O)/C(=C\c2ccc(OC)c(Cn3cc(Cl)cn3)c2)NC1=S. The Morgan fingerprint density at radius 3 is 2.75 bits per heavy atom. The summed E-state index contributed by atoms with van der Waals surface area (Å²) in [4.78, 5) is 14.6. The van der Waals surface area contributed by atoms with E-state index in [1.165, 1.54) is 4.90 Å². The van der Waals surface area contributed by atoms with Crippen LogP contribution in [0.2, 0.25) is 5.02 Å². The number of aromatic nitrogens is 2. The van der Waals surface area contributed by atoms with E-state index in [1.54, 1.807) is 36.3 Å². The first-order chi connectivity index (χ1) is 15.5. The molecular weight excluding hydrogens is 448 g/mol. The van der Waals surface area contributed by atoms with E-state index in [9.17, 15) is 4.79 Å². The molecule has 4 rings (SSSR count). The van der Waals surface area contributed by atoms with Crippen molar-refractivity contribution in [1.29, 1.82) is 0 Å². The van der Waals surface area contributed by atoms with Crippen LogP contribution in [0.4, 0.5) is 5.69 Å². The third-order valence-corrected chi connectivity index (χ3v) is 5.31. The van der Waals surface area contributed by atoms with Crippen LogP contribution in [0.15, 0.2) is 60.6 Å². The molecule has 9 heteroatoms. The number of benzene rings is 2. The number of methoxy groups -OCH3 is 1. The number of ether oxygens (including phenoxy) is 2. The Balaban J connectivity index is 1.64. The highest BCUT2D eigenvalue weighted by Gasteiger charge is 2.33. The summed E-state index contributed by atoms with van der Waals surface area (Å²) in [6.07, 6.45) is 5.08. The number of carbonyl (C=O) groups is 1. The van der Waals surface area contributed by atoms with E-state index in [4.69, 9.17) is 33.3 Å². The first-order valence-corrected chi connectivity index (χ1v) is 10.7. The minimum absolute atomic E-state index is 0.252. The lowest BCUT2D eigenvalue weighted by atomic mass is 10.1. The Morgan fingerprint density at radius 1 is 1.22 bits per heavy atom. The average Bonchev–Trinajstić information content (AvgIpc) is 3.31. The molecule has 0 bridgehead atoms. The summed E-state index contributed by atoms with van der Waals surface area (Å²) in [6.45, 7) is 2.85. The molecule has 3 aromatic rings. The summed E-state index contributed by atoms with van der Waals surface area (Å²) < 4.78 is 12.9. The molecule has 0 aliphatic carbocycles. The number of hydrogen-bond donors (Lipinski definition) is 1. The highest BCUT2D eigenvalue weighted by molar-refractivity contribution is 7.80. The molecule has 1 aliphatic heterocycles. The van der Waals surface area contributed by atoms with Crippen LogP contribution in [-0.2, 0) is 11.3 Å². The Labute approximate surface area is 196 Å². The van der Waals surface area contributed by atoms with Crippen molar-refractivity contribution in [3.8, 4) is 11.5 Å². The number of rotatable bonds is 7. The van der Waals surface area contributed by atoms with E-state index in [1.807, 2.05) is 43.3 Å². The molecule has 1 aliphatic rings. The molecule has 2 aromatic carbocycles. The van der Waals surface area contributed by atoms with Gasteiger partial charge in [0.1, 0.15) is 17.2 Å². The molecule has 1 amide bonds. The number of halogens is 1. The van der Waals surface area contributed by atoms with Gasteiger partial charge in [0.15, 0.2) is 5.11 Å². The van der Waals surface area contributed by atoms with Gasteiger partial charge in [-0.3, -0.25) is 9.48 Å². The van der Waals surface area contributed by atoms with Gasteiger partial charge in [0.2, 0.25) is 0 Å². The highest BCUT2D eigenvalue weighted by atomic mass is 35.5. The normalized spacial score (nSPS) is 14.7. The number of thiocarbonyl (C=S) groups is 1. The molecule has 2 heterocycles. The van der Waals surface area contributed by atoms with Gasteiger partial charge in [-0.25, -0.2) is 4.90 Å². The third kappa shape index (κ3) is 4.46. The van der Waals surface area contributed by atoms with Gasteiger partial charge in [0.25, 0.3) is 5.91 Å². The molecule has 0 radical (unpaired) electrons. The smallest absolute Gasteiger partial charge is 0.281 e. The maximum absolute atomic E-state index is 13.2. The van der Waals surface area contributed by atoms with Crippen LogP contribution in [0.25, 0.3) is 6.08 Å². The predicted molar refractivity (Wildman–Crippen MR) is 128 cm³/mol. The Bertz CT molecular complexity index is 1210. The van der Waals surface area contributed by atoms with Gasteiger partial charge in [0.05, 0.1) is 37.2 Å². The molecule has 0 saturated carbocycles. The summed E-state index contributed by atoms with van der Waals surface area (Å²) >= 11 is 11.4. The molecule has 0 unspecified atom stereocenters. The fourth-order valence-corrected chi connectivity index (χ4v) is 3.90. The second kappa shape index (κ2) is 9.42. The minimum atomic E-state index is -0.252. The largest absolute Gasteiger partial charge is 0.496 e. The predicted octanol–water partition coefficient (Wildman–Crippen LogP) is 4.25. The third-order valence-electron chi connectivity index (χ3n) is 4.83. The van der Waals surface area contributed by atoms with Gasteiger partial charge in [-0.1, -0.05) is 29.8 Å². The van der Waals surface area contributed by atoms with E-state index in [-0.39, 0.29) is 5.91 Å². The minimum Gasteiger partial charge on any atom is -0.496 e. The molecular formula is C23H21ClN4O3S. The summed E-state index contributed by atoms with van der Waals surface area (Å²) in [5.41, 5.74) is 2.69. The number of hydrogen-bond acceptors (Lipinski definition) is 5. The molecule has 1 saturated heterocycles. The van der Waals surface area contributed by atoms with Crippen LogP contribution in [-0.4, -0.2) is 34.5 Å². The molecule has 0 atom stereocenters. The second-order valence-corrected chi connectivity index (χ2v) is 7.78.